The number of carboxylic acid groups (broad SMARTS) is 1. The summed E-state index contributed by atoms with van der Waals surface area (Å²) in [5, 5.41) is 13.8. The monoisotopic (exact) mass is 282 g/mol. The fourth-order valence-corrected chi connectivity index (χ4v) is 2.05. The third kappa shape index (κ3) is 2.36. The van der Waals surface area contributed by atoms with Gasteiger partial charge in [0.25, 0.3) is 5.56 Å². The van der Waals surface area contributed by atoms with Gasteiger partial charge in [-0.1, -0.05) is 18.2 Å². The lowest BCUT2D eigenvalue weighted by Gasteiger charge is -2.07. The van der Waals surface area contributed by atoms with Crippen LogP contribution in [0.3, 0.4) is 0 Å². The number of fused-ring (bicyclic) bond motifs is 1. The highest BCUT2D eigenvalue weighted by molar-refractivity contribution is 6.01. The highest BCUT2D eigenvalue weighted by Gasteiger charge is 2.15. The second-order valence-corrected chi connectivity index (χ2v) is 4.33. The van der Waals surface area contributed by atoms with Crippen LogP contribution in [0.15, 0.2) is 47.5 Å². The Hall–Kier alpha value is -3.09. The lowest BCUT2D eigenvalue weighted by molar-refractivity contribution is 0.0690. The summed E-state index contributed by atoms with van der Waals surface area (Å²) in [6.07, 6.45) is 3.10. The fourth-order valence-electron chi connectivity index (χ4n) is 2.05. The predicted octanol–water partition coefficient (Wildman–Crippen LogP) is 0.933. The molecule has 3 rings (SSSR count). The molecule has 3 aromatic rings. The molecule has 1 aromatic carbocycles. The third-order valence-corrected chi connectivity index (χ3v) is 2.98. The molecule has 0 atom stereocenters. The van der Waals surface area contributed by atoms with Gasteiger partial charge in [-0.3, -0.25) is 4.79 Å². The molecule has 0 radical (unpaired) electrons. The van der Waals surface area contributed by atoms with Crippen molar-refractivity contribution in [2.24, 2.45) is 0 Å². The molecule has 1 N–H and O–H groups in total. The molecule has 2 aromatic heterocycles. The first-order valence-electron chi connectivity index (χ1n) is 6.16. The Bertz CT molecular complexity index is 874. The molecule has 0 amide bonds. The molecule has 0 bridgehead atoms. The van der Waals surface area contributed by atoms with Gasteiger partial charge in [0.1, 0.15) is 12.4 Å². The summed E-state index contributed by atoms with van der Waals surface area (Å²) < 4.78 is 1.07. The maximum Gasteiger partial charge on any atom is 0.357 e. The predicted molar refractivity (Wildman–Crippen MR) is 74.1 cm³/mol. The SMILES string of the molecule is O=C(O)c1nn(Cc2ncccn2)c(=O)c2ccccc12. The van der Waals surface area contributed by atoms with Crippen molar-refractivity contribution in [3.05, 3.63) is 64.6 Å². The highest BCUT2D eigenvalue weighted by atomic mass is 16.4. The van der Waals surface area contributed by atoms with E-state index in [4.69, 9.17) is 0 Å². The van der Waals surface area contributed by atoms with Crippen LogP contribution < -0.4 is 5.56 Å². The van der Waals surface area contributed by atoms with Crippen LogP contribution in [-0.4, -0.2) is 30.8 Å². The second kappa shape index (κ2) is 5.12. The fraction of sp³-hybridized carbons (Fsp3) is 0.0714. The van der Waals surface area contributed by atoms with E-state index in [1.54, 1.807) is 42.7 Å². The molecule has 7 heteroatoms. The lowest BCUT2D eigenvalue weighted by atomic mass is 10.1. The second-order valence-electron chi connectivity index (χ2n) is 4.33. The standard InChI is InChI=1S/C14H10N4O3/c19-13-10-5-2-1-4-9(10)12(14(20)21)17-18(13)8-11-15-6-3-7-16-11/h1-7H,8H2,(H,20,21). The largest absolute Gasteiger partial charge is 0.476 e. The van der Waals surface area contributed by atoms with Crippen LogP contribution in [-0.2, 0) is 6.54 Å². The van der Waals surface area contributed by atoms with Gasteiger partial charge in [0.05, 0.1) is 5.39 Å². The molecule has 0 aliphatic rings. The van der Waals surface area contributed by atoms with E-state index >= 15 is 0 Å². The van der Waals surface area contributed by atoms with Crippen molar-refractivity contribution in [2.75, 3.05) is 0 Å². The van der Waals surface area contributed by atoms with E-state index in [0.717, 1.165) is 4.68 Å². The Labute approximate surface area is 118 Å². The topological polar surface area (TPSA) is 98.0 Å². The molecule has 21 heavy (non-hydrogen) atoms. The van der Waals surface area contributed by atoms with E-state index in [1.165, 1.54) is 0 Å². The molecule has 104 valence electrons. The zero-order valence-corrected chi connectivity index (χ0v) is 10.8. The first-order chi connectivity index (χ1) is 10.2. The maximum absolute atomic E-state index is 12.4. The summed E-state index contributed by atoms with van der Waals surface area (Å²) in [5.41, 5.74) is -0.538. The molecule has 7 nitrogen and oxygen atoms in total. The van der Waals surface area contributed by atoms with Gasteiger partial charge < -0.3 is 5.11 Å². The van der Waals surface area contributed by atoms with E-state index in [-0.39, 0.29) is 17.8 Å². The number of aromatic nitrogens is 4. The molecule has 0 aliphatic heterocycles. The number of nitrogens with zero attached hydrogens (tertiary/aromatic N) is 4. The molecule has 0 fully saturated rings. The van der Waals surface area contributed by atoms with Gasteiger partial charge in [-0.05, 0) is 12.1 Å². The van der Waals surface area contributed by atoms with Crippen molar-refractivity contribution < 1.29 is 9.90 Å². The average molecular weight is 282 g/mol. The zero-order chi connectivity index (χ0) is 14.8. The summed E-state index contributed by atoms with van der Waals surface area (Å²) >= 11 is 0. The minimum atomic E-state index is -1.19. The van der Waals surface area contributed by atoms with E-state index in [2.05, 4.69) is 15.1 Å². The molecule has 0 saturated carbocycles. The quantitative estimate of drug-likeness (QED) is 0.767. The summed E-state index contributed by atoms with van der Waals surface area (Å²) in [7, 11) is 0. The van der Waals surface area contributed by atoms with Gasteiger partial charge in [-0.25, -0.2) is 19.4 Å². The first-order valence-corrected chi connectivity index (χ1v) is 6.16. The molecule has 2 heterocycles. The van der Waals surface area contributed by atoms with Crippen molar-refractivity contribution in [2.45, 2.75) is 6.54 Å². The number of carboxylic acids is 1. The van der Waals surface area contributed by atoms with Crippen molar-refractivity contribution >= 4 is 16.7 Å². The normalized spacial score (nSPS) is 10.7. The number of benzene rings is 1. The van der Waals surface area contributed by atoms with Gasteiger partial charge in [0, 0.05) is 17.8 Å². The van der Waals surface area contributed by atoms with Crippen LogP contribution in [0.25, 0.3) is 10.8 Å². The number of aromatic carboxylic acids is 1. The van der Waals surface area contributed by atoms with Gasteiger partial charge in [0.2, 0.25) is 0 Å². The first kappa shape index (κ1) is 12.9. The summed E-state index contributed by atoms with van der Waals surface area (Å²) in [5.74, 6) is -0.798. The molecule has 0 unspecified atom stereocenters. The van der Waals surface area contributed by atoms with Crippen LogP contribution >= 0.6 is 0 Å². The molecular formula is C14H10N4O3. The van der Waals surface area contributed by atoms with E-state index in [0.29, 0.717) is 16.6 Å². The highest BCUT2D eigenvalue weighted by Crippen LogP contribution is 2.13. The van der Waals surface area contributed by atoms with Crippen molar-refractivity contribution in [1.29, 1.82) is 0 Å². The lowest BCUT2D eigenvalue weighted by Crippen LogP contribution is -2.27. The van der Waals surface area contributed by atoms with Crippen LogP contribution in [0.4, 0.5) is 0 Å². The van der Waals surface area contributed by atoms with Crippen molar-refractivity contribution in [3.63, 3.8) is 0 Å². The van der Waals surface area contributed by atoms with Crippen molar-refractivity contribution in [3.8, 4) is 0 Å². The number of hydrogen-bond donors (Lipinski definition) is 1. The minimum absolute atomic E-state index is 0.0186. The number of hydrogen-bond acceptors (Lipinski definition) is 5. The van der Waals surface area contributed by atoms with Gasteiger partial charge >= 0.3 is 5.97 Å². The smallest absolute Gasteiger partial charge is 0.357 e. The maximum atomic E-state index is 12.4. The van der Waals surface area contributed by atoms with E-state index < -0.39 is 5.97 Å². The zero-order valence-electron chi connectivity index (χ0n) is 10.8. The van der Waals surface area contributed by atoms with Gasteiger partial charge in [-0.15, -0.1) is 0 Å². The molecule has 0 aliphatic carbocycles. The molecule has 0 saturated heterocycles. The van der Waals surface area contributed by atoms with E-state index in [1.807, 2.05) is 0 Å². The Balaban J connectivity index is 2.22. The Kier molecular flexibility index (Phi) is 3.15. The van der Waals surface area contributed by atoms with Crippen LogP contribution in [0, 0.1) is 0 Å². The number of carbonyl (C=O) groups is 1. The van der Waals surface area contributed by atoms with Crippen LogP contribution in [0.2, 0.25) is 0 Å². The molecular weight excluding hydrogens is 272 g/mol. The Morgan fingerprint density at radius 3 is 2.43 bits per heavy atom. The van der Waals surface area contributed by atoms with Gasteiger partial charge in [0.15, 0.2) is 5.69 Å². The summed E-state index contributed by atoms with van der Waals surface area (Å²) in [6, 6.07) is 8.15. The third-order valence-electron chi connectivity index (χ3n) is 2.98. The summed E-state index contributed by atoms with van der Waals surface area (Å²) in [6.45, 7) is 0.0186. The molecule has 0 spiro atoms. The van der Waals surface area contributed by atoms with Crippen LogP contribution in [0.1, 0.15) is 16.3 Å². The van der Waals surface area contributed by atoms with Crippen molar-refractivity contribution in [1.82, 2.24) is 19.7 Å². The van der Waals surface area contributed by atoms with Gasteiger partial charge in [-0.2, -0.15) is 5.10 Å². The number of rotatable bonds is 3. The average Bonchev–Trinajstić information content (AvgIpc) is 2.51. The minimum Gasteiger partial charge on any atom is -0.476 e. The Morgan fingerprint density at radius 2 is 1.76 bits per heavy atom. The van der Waals surface area contributed by atoms with E-state index in [9.17, 15) is 14.7 Å². The Morgan fingerprint density at radius 1 is 1.10 bits per heavy atom. The summed E-state index contributed by atoms with van der Waals surface area (Å²) in [4.78, 5) is 31.7. The van der Waals surface area contributed by atoms with Crippen LogP contribution in [0.5, 0.6) is 0 Å².